The second-order valence-corrected chi connectivity index (χ2v) is 7.20. The molecule has 2 atom stereocenters. The van der Waals surface area contributed by atoms with Crippen molar-refractivity contribution in [2.24, 2.45) is 4.99 Å². The summed E-state index contributed by atoms with van der Waals surface area (Å²) in [7, 11) is 3.49. The molecular formula is C22H27N3O3. The van der Waals surface area contributed by atoms with Gasteiger partial charge < -0.3 is 24.8 Å². The zero-order chi connectivity index (χ0) is 19.5. The number of hydrogen-bond acceptors (Lipinski definition) is 4. The summed E-state index contributed by atoms with van der Waals surface area (Å²) in [5, 5.41) is 6.92. The van der Waals surface area contributed by atoms with Crippen LogP contribution in [0.25, 0.3) is 0 Å². The molecule has 4 rings (SSSR count). The summed E-state index contributed by atoms with van der Waals surface area (Å²) in [4.78, 5) is 4.39. The van der Waals surface area contributed by atoms with Crippen LogP contribution in [0.3, 0.4) is 0 Å². The average Bonchev–Trinajstić information content (AvgIpc) is 3.09. The Kier molecular flexibility index (Phi) is 5.28. The first-order valence-corrected chi connectivity index (χ1v) is 9.73. The number of methoxy groups -OCH3 is 1. The molecule has 2 aromatic carbocycles. The summed E-state index contributed by atoms with van der Waals surface area (Å²) in [5.74, 6) is 3.51. The molecule has 2 aromatic rings. The number of hydrogen-bond donors (Lipinski definition) is 2. The quantitative estimate of drug-likeness (QED) is 0.629. The maximum Gasteiger partial charge on any atom is 0.191 e. The van der Waals surface area contributed by atoms with Crippen LogP contribution >= 0.6 is 0 Å². The number of nitrogens with zero attached hydrogens (tertiary/aromatic N) is 1. The van der Waals surface area contributed by atoms with E-state index in [0.717, 1.165) is 47.2 Å². The second-order valence-electron chi connectivity index (χ2n) is 7.20. The zero-order valence-corrected chi connectivity index (χ0v) is 16.6. The van der Waals surface area contributed by atoms with Crippen molar-refractivity contribution in [3.05, 3.63) is 53.1 Å². The predicted octanol–water partition coefficient (Wildman–Crippen LogP) is 3.21. The molecule has 0 spiro atoms. The molecule has 0 aliphatic carbocycles. The van der Waals surface area contributed by atoms with E-state index in [4.69, 9.17) is 14.2 Å². The molecule has 2 heterocycles. The lowest BCUT2D eigenvalue weighted by Crippen LogP contribution is -2.40. The van der Waals surface area contributed by atoms with Crippen LogP contribution < -0.4 is 24.8 Å². The molecule has 6 heteroatoms. The summed E-state index contributed by atoms with van der Waals surface area (Å²) >= 11 is 0. The molecule has 0 fully saturated rings. The molecule has 2 aliphatic heterocycles. The number of ether oxygens (including phenoxy) is 3. The second kappa shape index (κ2) is 8.00. The van der Waals surface area contributed by atoms with Crippen LogP contribution in [0.1, 0.15) is 36.1 Å². The minimum atomic E-state index is 0.169. The van der Waals surface area contributed by atoms with Crippen molar-refractivity contribution in [2.45, 2.75) is 38.5 Å². The molecule has 0 saturated heterocycles. The minimum Gasteiger partial charge on any atom is -0.496 e. The first-order valence-electron chi connectivity index (χ1n) is 9.73. The summed E-state index contributed by atoms with van der Waals surface area (Å²) in [5.41, 5.74) is 3.41. The Hall–Kier alpha value is -2.89. The van der Waals surface area contributed by atoms with Crippen molar-refractivity contribution in [3.8, 4) is 17.2 Å². The van der Waals surface area contributed by atoms with Crippen LogP contribution in [-0.2, 0) is 13.0 Å². The Balaban J connectivity index is 1.45. The largest absolute Gasteiger partial charge is 0.496 e. The third-order valence-corrected chi connectivity index (χ3v) is 5.24. The molecule has 28 heavy (non-hydrogen) atoms. The van der Waals surface area contributed by atoms with E-state index in [1.54, 1.807) is 14.2 Å². The molecule has 0 aromatic heterocycles. The average molecular weight is 381 g/mol. The molecule has 0 saturated carbocycles. The van der Waals surface area contributed by atoms with Gasteiger partial charge in [0, 0.05) is 43.1 Å². The van der Waals surface area contributed by atoms with Gasteiger partial charge >= 0.3 is 0 Å². The van der Waals surface area contributed by atoms with Crippen LogP contribution in [0, 0.1) is 0 Å². The Morgan fingerprint density at radius 3 is 2.93 bits per heavy atom. The summed E-state index contributed by atoms with van der Waals surface area (Å²) in [6.45, 7) is 3.38. The van der Waals surface area contributed by atoms with Crippen molar-refractivity contribution < 1.29 is 14.2 Å². The fourth-order valence-corrected chi connectivity index (χ4v) is 3.84. The third kappa shape index (κ3) is 3.72. The fourth-order valence-electron chi connectivity index (χ4n) is 3.84. The third-order valence-electron chi connectivity index (χ3n) is 5.24. The van der Waals surface area contributed by atoms with Gasteiger partial charge in [-0.25, -0.2) is 0 Å². The summed E-state index contributed by atoms with van der Waals surface area (Å²) in [6, 6.07) is 12.5. The first kappa shape index (κ1) is 18.5. The van der Waals surface area contributed by atoms with E-state index >= 15 is 0 Å². The van der Waals surface area contributed by atoms with Crippen molar-refractivity contribution in [2.75, 3.05) is 20.8 Å². The van der Waals surface area contributed by atoms with E-state index in [-0.39, 0.29) is 12.1 Å². The van der Waals surface area contributed by atoms with Gasteiger partial charge in [-0.3, -0.25) is 4.99 Å². The lowest BCUT2D eigenvalue weighted by Gasteiger charge is -2.28. The minimum absolute atomic E-state index is 0.169. The van der Waals surface area contributed by atoms with Gasteiger partial charge in [-0.2, -0.15) is 0 Å². The maximum absolute atomic E-state index is 5.90. The maximum atomic E-state index is 5.90. The van der Waals surface area contributed by atoms with Crippen LogP contribution in [-0.4, -0.2) is 32.8 Å². The number of nitrogens with one attached hydrogen (secondary N) is 2. The lowest BCUT2D eigenvalue weighted by atomic mass is 10.0. The van der Waals surface area contributed by atoms with Crippen LogP contribution in [0.4, 0.5) is 0 Å². The summed E-state index contributed by atoms with van der Waals surface area (Å²) in [6.07, 6.45) is 2.03. The zero-order valence-electron chi connectivity index (χ0n) is 16.6. The highest BCUT2D eigenvalue weighted by Crippen LogP contribution is 2.35. The van der Waals surface area contributed by atoms with Gasteiger partial charge in [0.25, 0.3) is 0 Å². The Labute approximate surface area is 165 Å². The molecule has 6 nitrogen and oxygen atoms in total. The molecule has 0 amide bonds. The topological polar surface area (TPSA) is 64.1 Å². The Morgan fingerprint density at radius 1 is 1.25 bits per heavy atom. The number of aliphatic imine (C=N–C) groups is 1. The normalized spacial score (nSPS) is 20.5. The van der Waals surface area contributed by atoms with Gasteiger partial charge in [-0.15, -0.1) is 0 Å². The summed E-state index contributed by atoms with van der Waals surface area (Å²) < 4.78 is 17.2. The van der Waals surface area contributed by atoms with E-state index in [9.17, 15) is 0 Å². The van der Waals surface area contributed by atoms with Crippen LogP contribution in [0.5, 0.6) is 17.2 Å². The molecule has 148 valence electrons. The number of rotatable bonds is 4. The number of para-hydroxylation sites is 1. The van der Waals surface area contributed by atoms with E-state index in [1.807, 2.05) is 18.2 Å². The molecule has 2 N–H and O–H groups in total. The van der Waals surface area contributed by atoms with Gasteiger partial charge in [0.1, 0.15) is 23.4 Å². The van der Waals surface area contributed by atoms with Gasteiger partial charge in [-0.1, -0.05) is 18.2 Å². The number of benzene rings is 2. The molecule has 0 bridgehead atoms. The highest BCUT2D eigenvalue weighted by atomic mass is 16.5. The van der Waals surface area contributed by atoms with E-state index in [1.165, 1.54) is 5.56 Å². The van der Waals surface area contributed by atoms with Gasteiger partial charge in [0.15, 0.2) is 5.96 Å². The van der Waals surface area contributed by atoms with E-state index < -0.39 is 0 Å². The number of guanidine groups is 1. The van der Waals surface area contributed by atoms with Crippen LogP contribution in [0.15, 0.2) is 41.4 Å². The molecular weight excluding hydrogens is 354 g/mol. The Bertz CT molecular complexity index is 881. The smallest absolute Gasteiger partial charge is 0.191 e. The highest BCUT2D eigenvalue weighted by Gasteiger charge is 2.23. The molecule has 2 unspecified atom stereocenters. The standard InChI is InChI=1S/C22H27N3O3/c1-14-10-15-11-20(26-3)16(12-21(15)28-14)13-24-22(23-2)25-18-8-9-27-19-7-5-4-6-17(18)19/h4-7,11-12,14,18H,8-10,13H2,1-3H3,(H2,23,24,25). The van der Waals surface area contributed by atoms with Crippen molar-refractivity contribution in [1.29, 1.82) is 0 Å². The van der Waals surface area contributed by atoms with Gasteiger partial charge in [0.05, 0.1) is 19.8 Å². The fraction of sp³-hybridized carbons (Fsp3) is 0.409. The van der Waals surface area contributed by atoms with Gasteiger partial charge in [-0.05, 0) is 25.1 Å². The monoisotopic (exact) mass is 381 g/mol. The molecule has 2 aliphatic rings. The molecule has 0 radical (unpaired) electrons. The lowest BCUT2D eigenvalue weighted by molar-refractivity contribution is 0.254. The van der Waals surface area contributed by atoms with Gasteiger partial charge in [0.2, 0.25) is 0 Å². The van der Waals surface area contributed by atoms with E-state index in [0.29, 0.717) is 13.2 Å². The first-order chi connectivity index (χ1) is 13.7. The van der Waals surface area contributed by atoms with Crippen molar-refractivity contribution in [1.82, 2.24) is 10.6 Å². The van der Waals surface area contributed by atoms with Crippen LogP contribution in [0.2, 0.25) is 0 Å². The predicted molar refractivity (Wildman–Crippen MR) is 109 cm³/mol. The van der Waals surface area contributed by atoms with Crippen molar-refractivity contribution in [3.63, 3.8) is 0 Å². The van der Waals surface area contributed by atoms with E-state index in [2.05, 4.69) is 40.7 Å². The highest BCUT2D eigenvalue weighted by molar-refractivity contribution is 5.80. The SMILES string of the molecule is CN=C(NCc1cc2c(cc1OC)CC(C)O2)NC1CCOc2ccccc21. The number of fused-ring (bicyclic) bond motifs is 2. The Morgan fingerprint density at radius 2 is 2.11 bits per heavy atom. The van der Waals surface area contributed by atoms with Crippen molar-refractivity contribution >= 4 is 5.96 Å².